The minimum Gasteiger partial charge on any atom is -0.353 e. The fourth-order valence-electron chi connectivity index (χ4n) is 4.86. The fourth-order valence-corrected chi connectivity index (χ4v) is 4.86. The second-order valence-corrected chi connectivity index (χ2v) is 8.93. The van der Waals surface area contributed by atoms with Crippen LogP contribution in [-0.4, -0.2) is 34.1 Å². The molecule has 0 aliphatic carbocycles. The molecule has 142 valence electrons. The van der Waals surface area contributed by atoms with Gasteiger partial charge in [-0.25, -0.2) is 0 Å². The van der Waals surface area contributed by atoms with E-state index in [1.165, 1.54) is 32.1 Å². The summed E-state index contributed by atoms with van der Waals surface area (Å²) in [6.45, 7) is 13.2. The standard InChI is InChI=1S/C20H41N3O/c1-7-8-9-10-11-12-13-18(24)22-17-14-19(3,4)23(16(2)21)20(5,6)15-17/h16-17H,7-15,21H2,1-6H3,(H,22,24). The number of hydrogen-bond donors (Lipinski definition) is 2. The Labute approximate surface area is 149 Å². The summed E-state index contributed by atoms with van der Waals surface area (Å²) in [6.07, 6.45) is 9.94. The Hall–Kier alpha value is -0.610. The van der Waals surface area contributed by atoms with Gasteiger partial charge in [-0.3, -0.25) is 9.69 Å². The summed E-state index contributed by atoms with van der Waals surface area (Å²) < 4.78 is 0. The van der Waals surface area contributed by atoms with Crippen LogP contribution in [0.25, 0.3) is 0 Å². The first-order valence-corrected chi connectivity index (χ1v) is 9.94. The maximum absolute atomic E-state index is 12.3. The highest BCUT2D eigenvalue weighted by molar-refractivity contribution is 5.76. The maximum atomic E-state index is 12.3. The van der Waals surface area contributed by atoms with Gasteiger partial charge in [0.05, 0.1) is 6.17 Å². The number of nitrogens with two attached hydrogens (primary N) is 1. The number of rotatable bonds is 9. The van der Waals surface area contributed by atoms with E-state index in [1.54, 1.807) is 0 Å². The lowest BCUT2D eigenvalue weighted by Crippen LogP contribution is -2.68. The number of hydrogen-bond acceptors (Lipinski definition) is 3. The zero-order chi connectivity index (χ0) is 18.4. The first-order chi connectivity index (χ1) is 11.1. The SMILES string of the molecule is CCCCCCCCC(=O)NC1CC(C)(C)N(C(C)N)C(C)(C)C1. The molecule has 1 unspecified atom stereocenters. The van der Waals surface area contributed by atoms with Gasteiger partial charge in [0, 0.05) is 23.5 Å². The van der Waals surface area contributed by atoms with Gasteiger partial charge in [0.2, 0.25) is 5.91 Å². The third kappa shape index (κ3) is 6.36. The van der Waals surface area contributed by atoms with E-state index in [4.69, 9.17) is 5.73 Å². The zero-order valence-electron chi connectivity index (χ0n) is 17.0. The predicted octanol–water partition coefficient (Wildman–Crippen LogP) is 4.18. The van der Waals surface area contributed by atoms with Crippen molar-refractivity contribution in [1.82, 2.24) is 10.2 Å². The molecule has 0 aromatic rings. The molecule has 3 N–H and O–H groups in total. The summed E-state index contributed by atoms with van der Waals surface area (Å²) in [5, 5.41) is 3.29. The molecule has 1 aliphatic rings. The summed E-state index contributed by atoms with van der Waals surface area (Å²) in [7, 11) is 0. The van der Waals surface area contributed by atoms with Gasteiger partial charge in [-0.05, 0) is 53.9 Å². The Morgan fingerprint density at radius 1 is 1.08 bits per heavy atom. The van der Waals surface area contributed by atoms with Crippen molar-refractivity contribution >= 4 is 5.91 Å². The molecule has 0 bridgehead atoms. The van der Waals surface area contributed by atoms with Crippen LogP contribution in [0.3, 0.4) is 0 Å². The molecule has 1 amide bonds. The number of nitrogens with one attached hydrogen (secondary N) is 1. The van der Waals surface area contributed by atoms with Crippen LogP contribution in [-0.2, 0) is 4.79 Å². The first kappa shape index (κ1) is 21.4. The molecule has 0 spiro atoms. The van der Waals surface area contributed by atoms with E-state index >= 15 is 0 Å². The molecule has 4 heteroatoms. The highest BCUT2D eigenvalue weighted by Gasteiger charge is 2.46. The van der Waals surface area contributed by atoms with Gasteiger partial charge in [-0.2, -0.15) is 0 Å². The highest BCUT2D eigenvalue weighted by Crippen LogP contribution is 2.39. The van der Waals surface area contributed by atoms with Gasteiger partial charge < -0.3 is 11.1 Å². The largest absolute Gasteiger partial charge is 0.353 e. The normalized spacial score (nSPS) is 22.3. The Bertz CT molecular complexity index is 372. The van der Waals surface area contributed by atoms with Crippen LogP contribution >= 0.6 is 0 Å². The van der Waals surface area contributed by atoms with Gasteiger partial charge in [-0.15, -0.1) is 0 Å². The molecule has 4 nitrogen and oxygen atoms in total. The third-order valence-corrected chi connectivity index (χ3v) is 5.33. The second-order valence-electron chi connectivity index (χ2n) is 8.93. The average Bonchev–Trinajstić information content (AvgIpc) is 2.38. The predicted molar refractivity (Wildman–Crippen MR) is 103 cm³/mol. The van der Waals surface area contributed by atoms with E-state index < -0.39 is 0 Å². The summed E-state index contributed by atoms with van der Waals surface area (Å²) in [5.74, 6) is 0.219. The van der Waals surface area contributed by atoms with Gasteiger partial charge in [0.1, 0.15) is 0 Å². The number of carbonyl (C=O) groups excluding carboxylic acids is 1. The van der Waals surface area contributed by atoms with Crippen molar-refractivity contribution in [2.24, 2.45) is 5.73 Å². The second kappa shape index (κ2) is 9.19. The van der Waals surface area contributed by atoms with E-state index in [-0.39, 0.29) is 29.2 Å². The Morgan fingerprint density at radius 3 is 2.08 bits per heavy atom. The van der Waals surface area contributed by atoms with E-state index in [9.17, 15) is 4.79 Å². The molecular formula is C20H41N3O. The molecule has 0 radical (unpaired) electrons. The van der Waals surface area contributed by atoms with Crippen LogP contribution in [0.5, 0.6) is 0 Å². The minimum atomic E-state index is -0.00594. The minimum absolute atomic E-state index is 0.00594. The van der Waals surface area contributed by atoms with Crippen LogP contribution in [0.15, 0.2) is 0 Å². The van der Waals surface area contributed by atoms with E-state index in [0.29, 0.717) is 6.42 Å². The fraction of sp³-hybridized carbons (Fsp3) is 0.950. The van der Waals surface area contributed by atoms with Crippen molar-refractivity contribution in [3.63, 3.8) is 0 Å². The number of likely N-dealkylation sites (tertiary alicyclic amines) is 1. The summed E-state index contributed by atoms with van der Waals surface area (Å²) in [6, 6.07) is 0.248. The molecule has 0 saturated carbocycles. The van der Waals surface area contributed by atoms with Gasteiger partial charge in [0.15, 0.2) is 0 Å². The Balaban J connectivity index is 2.44. The molecule has 0 aromatic carbocycles. The molecule has 1 rings (SSSR count). The lowest BCUT2D eigenvalue weighted by atomic mass is 9.76. The Morgan fingerprint density at radius 2 is 1.58 bits per heavy atom. The van der Waals surface area contributed by atoms with Crippen molar-refractivity contribution in [3.8, 4) is 0 Å². The number of nitrogens with zero attached hydrogens (tertiary/aromatic N) is 1. The molecule has 1 fully saturated rings. The number of unbranched alkanes of at least 4 members (excludes halogenated alkanes) is 5. The van der Waals surface area contributed by atoms with Crippen molar-refractivity contribution in [2.45, 2.75) is 123 Å². The number of carbonyl (C=O) groups is 1. The van der Waals surface area contributed by atoms with Crippen molar-refractivity contribution in [1.29, 1.82) is 0 Å². The van der Waals surface area contributed by atoms with Crippen LogP contribution in [0.2, 0.25) is 0 Å². The van der Waals surface area contributed by atoms with Crippen molar-refractivity contribution in [3.05, 3.63) is 0 Å². The number of amides is 1. The summed E-state index contributed by atoms with van der Waals surface area (Å²) in [5.41, 5.74) is 6.21. The topological polar surface area (TPSA) is 58.4 Å². The molecule has 1 aliphatic heterocycles. The van der Waals surface area contributed by atoms with Crippen LogP contribution in [0, 0.1) is 0 Å². The molecule has 1 atom stereocenters. The first-order valence-electron chi connectivity index (χ1n) is 9.94. The maximum Gasteiger partial charge on any atom is 0.220 e. The lowest BCUT2D eigenvalue weighted by Gasteiger charge is -2.57. The summed E-state index contributed by atoms with van der Waals surface area (Å²) in [4.78, 5) is 14.7. The zero-order valence-corrected chi connectivity index (χ0v) is 17.0. The van der Waals surface area contributed by atoms with Gasteiger partial charge in [0.25, 0.3) is 0 Å². The third-order valence-electron chi connectivity index (χ3n) is 5.33. The lowest BCUT2D eigenvalue weighted by molar-refractivity contribution is -0.124. The number of piperidine rings is 1. The van der Waals surface area contributed by atoms with E-state index in [0.717, 1.165) is 19.3 Å². The quantitative estimate of drug-likeness (QED) is 0.620. The average molecular weight is 340 g/mol. The van der Waals surface area contributed by atoms with Crippen molar-refractivity contribution in [2.75, 3.05) is 0 Å². The Kier molecular flexibility index (Phi) is 8.21. The van der Waals surface area contributed by atoms with E-state index in [2.05, 4.69) is 51.8 Å². The molecule has 0 aromatic heterocycles. The van der Waals surface area contributed by atoms with Crippen molar-refractivity contribution < 1.29 is 4.79 Å². The monoisotopic (exact) mass is 339 g/mol. The van der Waals surface area contributed by atoms with Crippen LogP contribution in [0.4, 0.5) is 0 Å². The smallest absolute Gasteiger partial charge is 0.220 e. The molecule has 1 heterocycles. The molecular weight excluding hydrogens is 298 g/mol. The van der Waals surface area contributed by atoms with Crippen LogP contribution < -0.4 is 11.1 Å². The van der Waals surface area contributed by atoms with Crippen LogP contribution in [0.1, 0.15) is 99.3 Å². The molecule has 1 saturated heterocycles. The van der Waals surface area contributed by atoms with Gasteiger partial charge >= 0.3 is 0 Å². The van der Waals surface area contributed by atoms with E-state index in [1.807, 2.05) is 0 Å². The van der Waals surface area contributed by atoms with Gasteiger partial charge in [-0.1, -0.05) is 39.0 Å². The highest BCUT2D eigenvalue weighted by atomic mass is 16.1. The molecule has 24 heavy (non-hydrogen) atoms. The summed E-state index contributed by atoms with van der Waals surface area (Å²) >= 11 is 0.